The number of carbonyl (C=O) groups excluding carboxylic acids is 3. The normalized spacial score (nSPS) is 13.3. The molecule has 0 saturated heterocycles. The Kier molecular flexibility index (Phi) is 8.57. The minimum absolute atomic E-state index is 0.0844. The van der Waals surface area contributed by atoms with Gasteiger partial charge in [-0.25, -0.2) is 0 Å². The minimum atomic E-state index is -0.473. The molecule has 0 heterocycles. The molecule has 19 heavy (non-hydrogen) atoms. The average Bonchev–Trinajstić information content (AvgIpc) is 2.41. The van der Waals surface area contributed by atoms with Crippen LogP contribution in [0.2, 0.25) is 0 Å². The molecule has 0 amide bonds. The number of rotatable bonds is 8. The predicted octanol–water partition coefficient (Wildman–Crippen LogP) is 1.32. The standard InChI is InChI=1S/C13H22O6/c1-5-19-12(15)8-10(6-7-11(14)17-3)9(2)13(16)18-4/h9-10H,5-8H2,1-4H3. The average molecular weight is 274 g/mol. The first-order chi connectivity index (χ1) is 8.96. The van der Waals surface area contributed by atoms with Crippen LogP contribution in [0.4, 0.5) is 0 Å². The van der Waals surface area contributed by atoms with Gasteiger partial charge in [-0.3, -0.25) is 14.4 Å². The molecule has 0 aromatic carbocycles. The number of hydrogen-bond acceptors (Lipinski definition) is 6. The van der Waals surface area contributed by atoms with Crippen molar-refractivity contribution in [2.24, 2.45) is 11.8 Å². The van der Waals surface area contributed by atoms with Crippen LogP contribution in [-0.2, 0) is 28.6 Å². The Morgan fingerprint density at radius 3 is 2.16 bits per heavy atom. The highest BCUT2D eigenvalue weighted by Gasteiger charge is 2.28. The van der Waals surface area contributed by atoms with E-state index in [2.05, 4.69) is 9.47 Å². The predicted molar refractivity (Wildman–Crippen MR) is 67.2 cm³/mol. The summed E-state index contributed by atoms with van der Waals surface area (Å²) in [4.78, 5) is 34.1. The molecule has 0 N–H and O–H groups in total. The van der Waals surface area contributed by atoms with Crippen molar-refractivity contribution in [1.82, 2.24) is 0 Å². The molecule has 0 aromatic rings. The highest BCUT2D eigenvalue weighted by molar-refractivity contribution is 5.75. The van der Waals surface area contributed by atoms with E-state index in [4.69, 9.17) is 4.74 Å². The minimum Gasteiger partial charge on any atom is -0.469 e. The SMILES string of the molecule is CCOC(=O)CC(CCC(=O)OC)C(C)C(=O)OC. The third kappa shape index (κ3) is 6.79. The quantitative estimate of drug-likeness (QED) is 0.490. The zero-order chi connectivity index (χ0) is 14.8. The van der Waals surface area contributed by atoms with Gasteiger partial charge >= 0.3 is 17.9 Å². The van der Waals surface area contributed by atoms with Gasteiger partial charge in [-0.1, -0.05) is 6.92 Å². The molecular formula is C13H22O6. The van der Waals surface area contributed by atoms with E-state index in [0.717, 1.165) is 0 Å². The molecule has 0 aliphatic rings. The molecule has 0 aromatic heterocycles. The van der Waals surface area contributed by atoms with Gasteiger partial charge in [0.25, 0.3) is 0 Å². The molecule has 6 nitrogen and oxygen atoms in total. The molecule has 0 rings (SSSR count). The molecule has 2 unspecified atom stereocenters. The Hall–Kier alpha value is -1.59. The summed E-state index contributed by atoms with van der Waals surface area (Å²) in [7, 11) is 2.59. The van der Waals surface area contributed by atoms with Gasteiger partial charge in [0.05, 0.1) is 26.7 Å². The van der Waals surface area contributed by atoms with Crippen molar-refractivity contribution in [2.75, 3.05) is 20.8 Å². The van der Waals surface area contributed by atoms with Crippen molar-refractivity contribution in [3.05, 3.63) is 0 Å². The van der Waals surface area contributed by atoms with Crippen LogP contribution in [0.3, 0.4) is 0 Å². The van der Waals surface area contributed by atoms with Crippen LogP contribution in [0.15, 0.2) is 0 Å². The van der Waals surface area contributed by atoms with Gasteiger partial charge in [0.2, 0.25) is 0 Å². The molecule has 2 atom stereocenters. The van der Waals surface area contributed by atoms with Gasteiger partial charge in [0, 0.05) is 12.8 Å². The lowest BCUT2D eigenvalue weighted by molar-refractivity contribution is -0.151. The maximum absolute atomic E-state index is 11.5. The fraction of sp³-hybridized carbons (Fsp3) is 0.769. The Labute approximate surface area is 113 Å². The van der Waals surface area contributed by atoms with Crippen LogP contribution in [0.25, 0.3) is 0 Å². The zero-order valence-electron chi connectivity index (χ0n) is 11.9. The summed E-state index contributed by atoms with van der Waals surface area (Å²) in [5, 5.41) is 0. The lowest BCUT2D eigenvalue weighted by Crippen LogP contribution is -2.26. The van der Waals surface area contributed by atoms with Crippen LogP contribution in [0.1, 0.15) is 33.1 Å². The summed E-state index contributed by atoms with van der Waals surface area (Å²) in [6.07, 6.45) is 0.616. The molecule has 0 radical (unpaired) electrons. The van der Waals surface area contributed by atoms with Gasteiger partial charge in [-0.05, 0) is 19.3 Å². The second-order valence-corrected chi connectivity index (χ2v) is 4.20. The van der Waals surface area contributed by atoms with Gasteiger partial charge < -0.3 is 14.2 Å². The lowest BCUT2D eigenvalue weighted by atomic mass is 9.87. The Morgan fingerprint density at radius 1 is 1.05 bits per heavy atom. The van der Waals surface area contributed by atoms with Crippen LogP contribution in [0.5, 0.6) is 0 Å². The monoisotopic (exact) mass is 274 g/mol. The maximum atomic E-state index is 11.5. The lowest BCUT2D eigenvalue weighted by Gasteiger charge is -2.20. The molecule has 0 bridgehead atoms. The van der Waals surface area contributed by atoms with E-state index in [1.165, 1.54) is 14.2 Å². The molecule has 0 fully saturated rings. The van der Waals surface area contributed by atoms with Crippen LogP contribution < -0.4 is 0 Å². The third-order valence-electron chi connectivity index (χ3n) is 2.96. The largest absolute Gasteiger partial charge is 0.469 e. The topological polar surface area (TPSA) is 78.9 Å². The summed E-state index contributed by atoms with van der Waals surface area (Å²) in [5.41, 5.74) is 0. The van der Waals surface area contributed by atoms with E-state index in [-0.39, 0.29) is 37.3 Å². The van der Waals surface area contributed by atoms with E-state index in [9.17, 15) is 14.4 Å². The van der Waals surface area contributed by atoms with Crippen molar-refractivity contribution < 1.29 is 28.6 Å². The van der Waals surface area contributed by atoms with E-state index >= 15 is 0 Å². The van der Waals surface area contributed by atoms with Crippen LogP contribution in [0, 0.1) is 11.8 Å². The summed E-state index contributed by atoms with van der Waals surface area (Å²) in [6, 6.07) is 0. The van der Waals surface area contributed by atoms with Crippen LogP contribution >= 0.6 is 0 Å². The van der Waals surface area contributed by atoms with Crippen molar-refractivity contribution >= 4 is 17.9 Å². The molecule has 0 aliphatic carbocycles. The molecule has 0 spiro atoms. The smallest absolute Gasteiger partial charge is 0.308 e. The number of ether oxygens (including phenoxy) is 3. The van der Waals surface area contributed by atoms with Crippen molar-refractivity contribution in [3.8, 4) is 0 Å². The molecule has 0 aliphatic heterocycles. The van der Waals surface area contributed by atoms with Gasteiger partial charge in [-0.2, -0.15) is 0 Å². The number of hydrogen-bond donors (Lipinski definition) is 0. The summed E-state index contributed by atoms with van der Waals surface area (Å²) >= 11 is 0. The molecule has 0 saturated carbocycles. The van der Waals surface area contributed by atoms with Crippen molar-refractivity contribution in [1.29, 1.82) is 0 Å². The molecular weight excluding hydrogens is 252 g/mol. The van der Waals surface area contributed by atoms with E-state index in [0.29, 0.717) is 6.42 Å². The number of esters is 3. The Morgan fingerprint density at radius 2 is 1.68 bits per heavy atom. The van der Waals surface area contributed by atoms with Gasteiger partial charge in [0.15, 0.2) is 0 Å². The first-order valence-corrected chi connectivity index (χ1v) is 6.26. The molecule has 110 valence electrons. The van der Waals surface area contributed by atoms with E-state index in [1.807, 2.05) is 0 Å². The summed E-state index contributed by atoms with van der Waals surface area (Å²) < 4.78 is 14.1. The first kappa shape index (κ1) is 17.4. The summed E-state index contributed by atoms with van der Waals surface area (Å²) in [6.45, 7) is 3.67. The van der Waals surface area contributed by atoms with E-state index in [1.54, 1.807) is 13.8 Å². The maximum Gasteiger partial charge on any atom is 0.308 e. The van der Waals surface area contributed by atoms with Crippen LogP contribution in [-0.4, -0.2) is 38.7 Å². The summed E-state index contributed by atoms with van der Waals surface area (Å²) in [5.74, 6) is -1.93. The van der Waals surface area contributed by atoms with Gasteiger partial charge in [-0.15, -0.1) is 0 Å². The highest BCUT2D eigenvalue weighted by atomic mass is 16.5. The first-order valence-electron chi connectivity index (χ1n) is 6.26. The van der Waals surface area contributed by atoms with Crippen molar-refractivity contribution in [2.45, 2.75) is 33.1 Å². The van der Waals surface area contributed by atoms with Crippen molar-refractivity contribution in [3.63, 3.8) is 0 Å². The second kappa shape index (κ2) is 9.35. The fourth-order valence-corrected chi connectivity index (χ4v) is 1.75. The number of carbonyl (C=O) groups is 3. The zero-order valence-corrected chi connectivity index (χ0v) is 11.9. The Balaban J connectivity index is 4.58. The second-order valence-electron chi connectivity index (χ2n) is 4.20. The van der Waals surface area contributed by atoms with Gasteiger partial charge in [0.1, 0.15) is 0 Å². The van der Waals surface area contributed by atoms with E-state index < -0.39 is 11.9 Å². The molecule has 6 heteroatoms. The number of methoxy groups -OCH3 is 2. The third-order valence-corrected chi connectivity index (χ3v) is 2.96. The fourth-order valence-electron chi connectivity index (χ4n) is 1.75. The Bertz CT molecular complexity index is 312. The highest BCUT2D eigenvalue weighted by Crippen LogP contribution is 2.23.